The van der Waals surface area contributed by atoms with E-state index in [1.807, 2.05) is 26.0 Å². The molecule has 1 aliphatic heterocycles. The number of ether oxygens (including phenoxy) is 2. The van der Waals surface area contributed by atoms with Gasteiger partial charge in [0.1, 0.15) is 17.3 Å². The molecule has 0 saturated carbocycles. The van der Waals surface area contributed by atoms with Crippen molar-refractivity contribution in [2.45, 2.75) is 59.5 Å². The van der Waals surface area contributed by atoms with Crippen LogP contribution in [0, 0.1) is 0 Å². The Labute approximate surface area is 166 Å². The average Bonchev–Trinajstić information content (AvgIpc) is 2.63. The zero-order valence-electron chi connectivity index (χ0n) is 17.6. The van der Waals surface area contributed by atoms with Crippen LogP contribution < -0.4 is 15.0 Å². The number of rotatable bonds is 6. The first-order valence-corrected chi connectivity index (χ1v) is 10.0. The molecule has 1 aliphatic rings. The van der Waals surface area contributed by atoms with Crippen LogP contribution >= 0.6 is 0 Å². The fourth-order valence-corrected chi connectivity index (χ4v) is 3.46. The van der Waals surface area contributed by atoms with Crippen molar-refractivity contribution >= 4 is 0 Å². The van der Waals surface area contributed by atoms with Crippen LogP contribution in [-0.2, 0) is 24.9 Å². The fraction of sp³-hybridized carbons (Fsp3) is 0.545. The quantitative estimate of drug-likeness (QED) is 0.825. The Bertz CT molecular complexity index is 884. The Balaban J connectivity index is 1.85. The summed E-state index contributed by atoms with van der Waals surface area (Å²) in [6.07, 6.45) is 0.706. The van der Waals surface area contributed by atoms with Crippen molar-refractivity contribution in [3.8, 4) is 11.5 Å². The molecule has 6 heteroatoms. The summed E-state index contributed by atoms with van der Waals surface area (Å²) < 4.78 is 11.5. The minimum absolute atomic E-state index is 0.00271. The predicted molar refractivity (Wildman–Crippen MR) is 110 cm³/mol. The maximum absolute atomic E-state index is 12.5. The summed E-state index contributed by atoms with van der Waals surface area (Å²) in [5.41, 5.74) is 2.61. The van der Waals surface area contributed by atoms with Gasteiger partial charge >= 0.3 is 0 Å². The SMILES string of the molecule is CCOc1ccc(OCC)c(CN2CCc3c(nc(C(C)(C)C)[nH]c3=O)C2)c1. The summed E-state index contributed by atoms with van der Waals surface area (Å²) in [4.78, 5) is 22.6. The van der Waals surface area contributed by atoms with Gasteiger partial charge in [0.15, 0.2) is 0 Å². The second-order valence-corrected chi connectivity index (χ2v) is 8.19. The van der Waals surface area contributed by atoms with Gasteiger partial charge < -0.3 is 14.5 Å². The molecule has 0 aliphatic carbocycles. The molecule has 0 bridgehead atoms. The second kappa shape index (κ2) is 8.35. The van der Waals surface area contributed by atoms with Crippen LogP contribution in [-0.4, -0.2) is 34.6 Å². The van der Waals surface area contributed by atoms with E-state index in [4.69, 9.17) is 14.5 Å². The van der Waals surface area contributed by atoms with Crippen LogP contribution in [0.15, 0.2) is 23.0 Å². The van der Waals surface area contributed by atoms with Crippen molar-refractivity contribution in [1.29, 1.82) is 0 Å². The monoisotopic (exact) mass is 385 g/mol. The lowest BCUT2D eigenvalue weighted by Gasteiger charge is -2.29. The Morgan fingerprint density at radius 1 is 1.18 bits per heavy atom. The van der Waals surface area contributed by atoms with Crippen LogP contribution in [0.4, 0.5) is 0 Å². The Morgan fingerprint density at radius 2 is 1.93 bits per heavy atom. The lowest BCUT2D eigenvalue weighted by molar-refractivity contribution is 0.233. The molecule has 3 rings (SSSR count). The van der Waals surface area contributed by atoms with Crippen molar-refractivity contribution in [1.82, 2.24) is 14.9 Å². The van der Waals surface area contributed by atoms with Crippen LogP contribution in [0.2, 0.25) is 0 Å². The molecule has 0 unspecified atom stereocenters. The Kier molecular flexibility index (Phi) is 6.08. The van der Waals surface area contributed by atoms with Crippen molar-refractivity contribution in [3.05, 3.63) is 51.2 Å². The smallest absolute Gasteiger partial charge is 0.254 e. The molecule has 0 spiro atoms. The lowest BCUT2D eigenvalue weighted by Crippen LogP contribution is -2.36. The van der Waals surface area contributed by atoms with Crippen LogP contribution in [0.25, 0.3) is 0 Å². The van der Waals surface area contributed by atoms with Gasteiger partial charge in [-0.2, -0.15) is 0 Å². The number of benzene rings is 1. The summed E-state index contributed by atoms with van der Waals surface area (Å²) in [7, 11) is 0. The Morgan fingerprint density at radius 3 is 2.61 bits per heavy atom. The van der Waals surface area contributed by atoms with E-state index >= 15 is 0 Å². The first kappa shape index (κ1) is 20.4. The zero-order valence-corrected chi connectivity index (χ0v) is 17.6. The molecular formula is C22H31N3O3. The third-order valence-electron chi connectivity index (χ3n) is 4.90. The van der Waals surface area contributed by atoms with Gasteiger partial charge in [0.25, 0.3) is 5.56 Å². The fourth-order valence-electron chi connectivity index (χ4n) is 3.46. The van der Waals surface area contributed by atoms with E-state index in [-0.39, 0.29) is 11.0 Å². The van der Waals surface area contributed by atoms with Crippen molar-refractivity contribution < 1.29 is 9.47 Å². The van der Waals surface area contributed by atoms with Gasteiger partial charge in [0, 0.05) is 36.2 Å². The summed E-state index contributed by atoms with van der Waals surface area (Å²) in [5, 5.41) is 0. The molecule has 28 heavy (non-hydrogen) atoms. The van der Waals surface area contributed by atoms with Gasteiger partial charge in [-0.25, -0.2) is 4.98 Å². The van der Waals surface area contributed by atoms with E-state index in [9.17, 15) is 4.79 Å². The number of H-pyrrole nitrogens is 1. The number of aromatic amines is 1. The predicted octanol–water partition coefficient (Wildman–Crippen LogP) is 3.42. The summed E-state index contributed by atoms with van der Waals surface area (Å²) in [6, 6.07) is 5.97. The highest BCUT2D eigenvalue weighted by Gasteiger charge is 2.25. The minimum atomic E-state index is -0.190. The highest BCUT2D eigenvalue weighted by atomic mass is 16.5. The molecule has 2 aromatic rings. The van der Waals surface area contributed by atoms with E-state index in [0.29, 0.717) is 26.2 Å². The molecule has 1 aromatic carbocycles. The standard InChI is InChI=1S/C22H31N3O3/c1-6-27-16-8-9-19(28-7-2)15(12-16)13-25-11-10-17-18(14-25)23-21(22(3,4)5)24-20(17)26/h8-9,12H,6-7,10-11,13-14H2,1-5H3,(H,23,24,26). The van der Waals surface area contributed by atoms with Gasteiger partial charge in [0.2, 0.25) is 0 Å². The van der Waals surface area contributed by atoms with E-state index in [1.54, 1.807) is 0 Å². The number of hydrogen-bond acceptors (Lipinski definition) is 5. The number of aromatic nitrogens is 2. The second-order valence-electron chi connectivity index (χ2n) is 8.19. The molecule has 0 saturated heterocycles. The first-order chi connectivity index (χ1) is 13.3. The van der Waals surface area contributed by atoms with Crippen molar-refractivity contribution in [2.75, 3.05) is 19.8 Å². The molecule has 6 nitrogen and oxygen atoms in total. The van der Waals surface area contributed by atoms with E-state index in [0.717, 1.165) is 47.2 Å². The first-order valence-electron chi connectivity index (χ1n) is 10.0. The number of nitrogens with zero attached hydrogens (tertiary/aromatic N) is 2. The molecule has 0 atom stereocenters. The molecule has 1 N–H and O–H groups in total. The normalized spacial score (nSPS) is 14.6. The molecular weight excluding hydrogens is 354 g/mol. The molecule has 0 fully saturated rings. The third kappa shape index (κ3) is 4.55. The average molecular weight is 386 g/mol. The van der Waals surface area contributed by atoms with Crippen molar-refractivity contribution in [3.63, 3.8) is 0 Å². The summed E-state index contributed by atoms with van der Waals surface area (Å²) >= 11 is 0. The van der Waals surface area contributed by atoms with Crippen LogP contribution in [0.5, 0.6) is 11.5 Å². The topological polar surface area (TPSA) is 67.5 Å². The van der Waals surface area contributed by atoms with Gasteiger partial charge in [-0.05, 0) is 38.5 Å². The van der Waals surface area contributed by atoms with E-state index in [1.165, 1.54) is 0 Å². The van der Waals surface area contributed by atoms with Gasteiger partial charge in [-0.1, -0.05) is 20.8 Å². The zero-order chi connectivity index (χ0) is 20.3. The summed E-state index contributed by atoms with van der Waals surface area (Å²) in [5.74, 6) is 2.47. The van der Waals surface area contributed by atoms with Crippen LogP contribution in [0.3, 0.4) is 0 Å². The molecule has 2 heterocycles. The number of hydrogen-bond donors (Lipinski definition) is 1. The summed E-state index contributed by atoms with van der Waals surface area (Å²) in [6.45, 7) is 13.6. The molecule has 0 radical (unpaired) electrons. The maximum Gasteiger partial charge on any atom is 0.254 e. The number of nitrogens with one attached hydrogen (secondary N) is 1. The van der Waals surface area contributed by atoms with Crippen molar-refractivity contribution in [2.24, 2.45) is 0 Å². The van der Waals surface area contributed by atoms with Gasteiger partial charge in [-0.15, -0.1) is 0 Å². The van der Waals surface area contributed by atoms with Crippen LogP contribution in [0.1, 0.15) is 57.3 Å². The van der Waals surface area contributed by atoms with E-state index in [2.05, 4.69) is 36.7 Å². The lowest BCUT2D eigenvalue weighted by atomic mass is 9.95. The highest BCUT2D eigenvalue weighted by molar-refractivity contribution is 5.40. The number of fused-ring (bicyclic) bond motifs is 1. The molecule has 1 aromatic heterocycles. The van der Waals surface area contributed by atoms with E-state index < -0.39 is 0 Å². The Hall–Kier alpha value is -2.34. The highest BCUT2D eigenvalue weighted by Crippen LogP contribution is 2.28. The maximum atomic E-state index is 12.5. The molecule has 152 valence electrons. The third-order valence-corrected chi connectivity index (χ3v) is 4.90. The van der Waals surface area contributed by atoms with Gasteiger partial charge in [-0.3, -0.25) is 9.69 Å². The largest absolute Gasteiger partial charge is 0.494 e. The van der Waals surface area contributed by atoms with Gasteiger partial charge in [0.05, 0.1) is 18.9 Å². The molecule has 0 amide bonds. The minimum Gasteiger partial charge on any atom is -0.494 e.